The lowest BCUT2D eigenvalue weighted by Crippen LogP contribution is -1.88. The molecule has 5 nitrogen and oxygen atoms in total. The molecule has 2 aromatic rings. The van der Waals surface area contributed by atoms with E-state index in [9.17, 15) is 10.1 Å². The Hall–Kier alpha value is -1.69. The molecule has 0 amide bonds. The summed E-state index contributed by atoms with van der Waals surface area (Å²) in [5, 5.41) is 10.6. The molecular formula is C10H7BrN2O3. The minimum atomic E-state index is -0.449. The summed E-state index contributed by atoms with van der Waals surface area (Å²) in [4.78, 5) is 14.2. The molecule has 0 saturated carbocycles. The second-order valence-electron chi connectivity index (χ2n) is 3.20. The van der Waals surface area contributed by atoms with E-state index in [1.807, 2.05) is 0 Å². The van der Waals surface area contributed by atoms with E-state index in [1.54, 1.807) is 19.2 Å². The molecule has 0 bridgehead atoms. The maximum Gasteiger partial charge on any atom is 0.270 e. The molecule has 0 fully saturated rings. The Kier molecular flexibility index (Phi) is 2.74. The van der Waals surface area contributed by atoms with Crippen LogP contribution in [0.15, 0.2) is 33.3 Å². The van der Waals surface area contributed by atoms with Gasteiger partial charge in [-0.1, -0.05) is 0 Å². The van der Waals surface area contributed by atoms with Crippen LogP contribution in [0.2, 0.25) is 0 Å². The molecule has 1 aromatic carbocycles. The van der Waals surface area contributed by atoms with E-state index in [1.165, 1.54) is 12.1 Å². The van der Waals surface area contributed by atoms with Crippen LogP contribution < -0.4 is 0 Å². The summed E-state index contributed by atoms with van der Waals surface area (Å²) in [6, 6.07) is 4.45. The van der Waals surface area contributed by atoms with Gasteiger partial charge in [-0.25, -0.2) is 4.98 Å². The molecule has 0 spiro atoms. The van der Waals surface area contributed by atoms with Gasteiger partial charge in [-0.3, -0.25) is 10.1 Å². The van der Waals surface area contributed by atoms with Crippen LogP contribution in [0.3, 0.4) is 0 Å². The average molecular weight is 283 g/mol. The normalized spacial score (nSPS) is 10.4. The summed E-state index contributed by atoms with van der Waals surface area (Å²) in [5.74, 6) is 1.14. The van der Waals surface area contributed by atoms with Gasteiger partial charge in [0.05, 0.1) is 16.7 Å². The van der Waals surface area contributed by atoms with Gasteiger partial charge < -0.3 is 4.42 Å². The predicted molar refractivity (Wildman–Crippen MR) is 61.0 cm³/mol. The van der Waals surface area contributed by atoms with Gasteiger partial charge in [0.25, 0.3) is 5.69 Å². The summed E-state index contributed by atoms with van der Waals surface area (Å²) >= 11 is 3.26. The van der Waals surface area contributed by atoms with Gasteiger partial charge >= 0.3 is 0 Å². The van der Waals surface area contributed by atoms with E-state index < -0.39 is 4.92 Å². The molecule has 1 heterocycles. The topological polar surface area (TPSA) is 69.2 Å². The van der Waals surface area contributed by atoms with Gasteiger partial charge in [-0.2, -0.15) is 0 Å². The monoisotopic (exact) mass is 282 g/mol. The molecule has 0 aliphatic rings. The zero-order chi connectivity index (χ0) is 11.7. The molecule has 0 radical (unpaired) electrons. The first-order valence-electron chi connectivity index (χ1n) is 4.44. The Morgan fingerprint density at radius 3 is 2.75 bits per heavy atom. The third-order valence-electron chi connectivity index (χ3n) is 2.02. The van der Waals surface area contributed by atoms with Crippen molar-refractivity contribution in [2.45, 2.75) is 6.92 Å². The minimum Gasteiger partial charge on any atom is -0.441 e. The Labute approximate surface area is 99.4 Å². The standard InChI is InChI=1S/C10H7BrN2O3/c1-6-5-12-10(16-6)8-3-2-7(13(14)15)4-9(8)11/h2-5H,1H3. The molecular weight excluding hydrogens is 276 g/mol. The highest BCUT2D eigenvalue weighted by Gasteiger charge is 2.13. The number of aryl methyl sites for hydroxylation is 1. The van der Waals surface area contributed by atoms with E-state index in [-0.39, 0.29) is 5.69 Å². The number of hydrogen-bond donors (Lipinski definition) is 0. The first-order chi connectivity index (χ1) is 7.58. The van der Waals surface area contributed by atoms with Crippen LogP contribution in [0.1, 0.15) is 5.76 Å². The van der Waals surface area contributed by atoms with Crippen LogP contribution in [0.5, 0.6) is 0 Å². The maximum atomic E-state index is 10.6. The maximum absolute atomic E-state index is 10.6. The van der Waals surface area contributed by atoms with Crippen molar-refractivity contribution in [3.63, 3.8) is 0 Å². The predicted octanol–water partition coefficient (Wildman–Crippen LogP) is 3.32. The Morgan fingerprint density at radius 1 is 1.50 bits per heavy atom. The molecule has 6 heteroatoms. The molecule has 0 atom stereocenters. The van der Waals surface area contributed by atoms with Crippen molar-refractivity contribution >= 4 is 21.6 Å². The van der Waals surface area contributed by atoms with Crippen LogP contribution >= 0.6 is 15.9 Å². The molecule has 0 aliphatic heterocycles. The molecule has 0 unspecified atom stereocenters. The van der Waals surface area contributed by atoms with Gasteiger partial charge in [0, 0.05) is 16.6 Å². The fraction of sp³-hybridized carbons (Fsp3) is 0.100. The number of nitro groups is 1. The summed E-state index contributed by atoms with van der Waals surface area (Å²) < 4.78 is 5.93. The quantitative estimate of drug-likeness (QED) is 0.626. The van der Waals surface area contributed by atoms with E-state index in [2.05, 4.69) is 20.9 Å². The minimum absolute atomic E-state index is 0.0268. The fourth-order valence-corrected chi connectivity index (χ4v) is 1.81. The largest absolute Gasteiger partial charge is 0.441 e. The Bertz CT molecular complexity index is 551. The van der Waals surface area contributed by atoms with Crippen LogP contribution in [0.25, 0.3) is 11.5 Å². The fourth-order valence-electron chi connectivity index (χ4n) is 1.27. The van der Waals surface area contributed by atoms with E-state index in [4.69, 9.17) is 4.42 Å². The lowest BCUT2D eigenvalue weighted by molar-refractivity contribution is -0.384. The molecule has 0 saturated heterocycles. The van der Waals surface area contributed by atoms with Crippen molar-refractivity contribution in [2.24, 2.45) is 0 Å². The Balaban J connectivity index is 2.47. The number of aromatic nitrogens is 1. The smallest absolute Gasteiger partial charge is 0.270 e. The van der Waals surface area contributed by atoms with Gasteiger partial charge in [0.1, 0.15) is 5.76 Å². The van der Waals surface area contributed by atoms with Crippen LogP contribution in [-0.2, 0) is 0 Å². The molecule has 1 aromatic heterocycles. The zero-order valence-corrected chi connectivity index (χ0v) is 9.89. The van der Waals surface area contributed by atoms with E-state index in [0.29, 0.717) is 21.7 Å². The first-order valence-corrected chi connectivity index (χ1v) is 5.24. The molecule has 0 N–H and O–H groups in total. The van der Waals surface area contributed by atoms with E-state index >= 15 is 0 Å². The third-order valence-corrected chi connectivity index (χ3v) is 2.67. The molecule has 16 heavy (non-hydrogen) atoms. The van der Waals surface area contributed by atoms with Gasteiger partial charge in [0.15, 0.2) is 0 Å². The van der Waals surface area contributed by atoms with Crippen molar-refractivity contribution < 1.29 is 9.34 Å². The number of benzene rings is 1. The summed E-state index contributed by atoms with van der Waals surface area (Å²) in [6.45, 7) is 1.79. The average Bonchev–Trinajstić information content (AvgIpc) is 2.64. The number of rotatable bonds is 2. The number of halogens is 1. The highest BCUT2D eigenvalue weighted by Crippen LogP contribution is 2.30. The van der Waals surface area contributed by atoms with Gasteiger partial charge in [-0.05, 0) is 28.9 Å². The number of hydrogen-bond acceptors (Lipinski definition) is 4. The lowest BCUT2D eigenvalue weighted by Gasteiger charge is -1.99. The van der Waals surface area contributed by atoms with Crippen LogP contribution in [0, 0.1) is 17.0 Å². The summed E-state index contributed by atoms with van der Waals surface area (Å²) in [7, 11) is 0. The Morgan fingerprint density at radius 2 is 2.25 bits per heavy atom. The van der Waals surface area contributed by atoms with Crippen molar-refractivity contribution in [1.82, 2.24) is 4.98 Å². The number of nitrogens with zero attached hydrogens (tertiary/aromatic N) is 2. The second kappa shape index (κ2) is 4.05. The van der Waals surface area contributed by atoms with Gasteiger partial charge in [0.2, 0.25) is 5.89 Å². The van der Waals surface area contributed by atoms with Crippen molar-refractivity contribution in [3.05, 3.63) is 44.7 Å². The summed E-state index contributed by atoms with van der Waals surface area (Å²) in [5.41, 5.74) is 0.720. The third kappa shape index (κ3) is 1.96. The van der Waals surface area contributed by atoms with Crippen molar-refractivity contribution in [3.8, 4) is 11.5 Å². The second-order valence-corrected chi connectivity index (χ2v) is 4.05. The van der Waals surface area contributed by atoms with E-state index in [0.717, 1.165) is 0 Å². The SMILES string of the molecule is Cc1cnc(-c2ccc([N+](=O)[O-])cc2Br)o1. The van der Waals surface area contributed by atoms with Gasteiger partial charge in [-0.15, -0.1) is 0 Å². The first kappa shape index (κ1) is 10.8. The van der Waals surface area contributed by atoms with Crippen molar-refractivity contribution in [1.29, 1.82) is 0 Å². The molecule has 0 aliphatic carbocycles. The molecule has 82 valence electrons. The van der Waals surface area contributed by atoms with Crippen molar-refractivity contribution in [2.75, 3.05) is 0 Å². The van der Waals surface area contributed by atoms with Crippen LogP contribution in [-0.4, -0.2) is 9.91 Å². The summed E-state index contributed by atoms with van der Waals surface area (Å²) in [6.07, 6.45) is 1.60. The zero-order valence-electron chi connectivity index (χ0n) is 8.31. The van der Waals surface area contributed by atoms with Crippen LogP contribution in [0.4, 0.5) is 5.69 Å². The number of nitro benzene ring substituents is 1. The molecule has 2 rings (SSSR count). The number of oxazole rings is 1. The lowest BCUT2D eigenvalue weighted by atomic mass is 10.2. The number of non-ortho nitro benzene ring substituents is 1. The highest BCUT2D eigenvalue weighted by molar-refractivity contribution is 9.10. The highest BCUT2D eigenvalue weighted by atomic mass is 79.9.